The fraction of sp³-hybridized carbons (Fsp3) is 0.474. The number of anilines is 1. The van der Waals surface area contributed by atoms with Gasteiger partial charge in [-0.05, 0) is 18.6 Å². The van der Waals surface area contributed by atoms with Gasteiger partial charge in [-0.15, -0.1) is 0 Å². The molecule has 0 saturated carbocycles. The Bertz CT molecular complexity index is 812. The highest BCUT2D eigenvalue weighted by atomic mass is 32.2. The summed E-state index contributed by atoms with van der Waals surface area (Å²) >= 11 is 1.50. The van der Waals surface area contributed by atoms with Gasteiger partial charge in [0.05, 0.1) is 17.1 Å². The van der Waals surface area contributed by atoms with E-state index in [1.54, 1.807) is 16.5 Å². The van der Waals surface area contributed by atoms with Gasteiger partial charge in [0.2, 0.25) is 5.91 Å². The fourth-order valence-electron chi connectivity index (χ4n) is 3.32. The summed E-state index contributed by atoms with van der Waals surface area (Å²) in [6.07, 6.45) is 3.71. The van der Waals surface area contributed by atoms with Crippen LogP contribution in [0.3, 0.4) is 0 Å². The maximum Gasteiger partial charge on any atom is 0.266 e. The average Bonchev–Trinajstić information content (AvgIpc) is 2.63. The molecule has 0 radical (unpaired) electrons. The third-order valence-corrected chi connectivity index (χ3v) is 5.43. The van der Waals surface area contributed by atoms with Crippen LogP contribution in [0.4, 0.5) is 5.69 Å². The first-order valence-corrected chi connectivity index (χ1v) is 10.1. The zero-order valence-electron chi connectivity index (χ0n) is 15.4. The first-order valence-electron chi connectivity index (χ1n) is 9.11. The van der Waals surface area contributed by atoms with E-state index in [0.717, 1.165) is 30.7 Å². The van der Waals surface area contributed by atoms with Gasteiger partial charge < -0.3 is 5.11 Å². The molecule has 1 aliphatic rings. The molecule has 0 bridgehead atoms. The van der Waals surface area contributed by atoms with Gasteiger partial charge >= 0.3 is 0 Å². The SMILES string of the molecule is CCCCCSc1nc([O-])c2[n+](n1)C(CC)N(C(C)=O)c1ccccc1-2. The molecule has 138 valence electrons. The largest absolute Gasteiger partial charge is 0.854 e. The van der Waals surface area contributed by atoms with E-state index in [-0.39, 0.29) is 18.0 Å². The zero-order valence-corrected chi connectivity index (χ0v) is 16.3. The number of fused-ring (bicyclic) bond motifs is 3. The molecule has 1 atom stereocenters. The van der Waals surface area contributed by atoms with Crippen molar-refractivity contribution in [1.82, 2.24) is 10.1 Å². The first-order chi connectivity index (χ1) is 12.6. The Balaban J connectivity index is 2.07. The van der Waals surface area contributed by atoms with Gasteiger partial charge in [0.1, 0.15) is 0 Å². The van der Waals surface area contributed by atoms with Crippen molar-refractivity contribution < 1.29 is 14.6 Å². The van der Waals surface area contributed by atoms with Gasteiger partial charge in [-0.3, -0.25) is 9.69 Å². The molecular weight excluding hydrogens is 348 g/mol. The van der Waals surface area contributed by atoms with Crippen molar-refractivity contribution in [2.45, 2.75) is 57.8 Å². The standard InChI is InChI=1S/C19H24N4O2S/c1-4-6-9-12-26-19-20-18(25)17-14-10-7-8-11-15(14)22(13(3)24)16(5-2)23(17)21-19/h7-8,10-11,16H,4-6,9,12H2,1-3H3. The fourth-order valence-corrected chi connectivity index (χ4v) is 4.15. The van der Waals surface area contributed by atoms with E-state index in [1.165, 1.54) is 11.8 Å². The van der Waals surface area contributed by atoms with Crippen LogP contribution in [0.15, 0.2) is 29.4 Å². The number of hydrogen-bond acceptors (Lipinski definition) is 5. The van der Waals surface area contributed by atoms with E-state index in [1.807, 2.05) is 31.2 Å². The molecule has 2 heterocycles. The zero-order chi connectivity index (χ0) is 18.7. The van der Waals surface area contributed by atoms with Gasteiger partial charge in [0.25, 0.3) is 17.0 Å². The lowest BCUT2D eigenvalue weighted by atomic mass is 10.0. The molecular formula is C19H24N4O2S. The quantitative estimate of drug-likeness (QED) is 0.443. The molecule has 1 amide bonds. The molecule has 7 heteroatoms. The Kier molecular flexibility index (Phi) is 5.76. The van der Waals surface area contributed by atoms with E-state index in [0.29, 0.717) is 22.8 Å². The Morgan fingerprint density at radius 3 is 2.77 bits per heavy atom. The van der Waals surface area contributed by atoms with Crippen LogP contribution in [0.1, 0.15) is 52.6 Å². The topological polar surface area (TPSA) is 73.0 Å². The van der Waals surface area contributed by atoms with Crippen molar-refractivity contribution in [3.63, 3.8) is 0 Å². The molecule has 0 N–H and O–H groups in total. The van der Waals surface area contributed by atoms with E-state index in [9.17, 15) is 9.90 Å². The molecule has 1 unspecified atom stereocenters. The minimum atomic E-state index is -0.317. The normalized spacial score (nSPS) is 15.5. The molecule has 1 aliphatic heterocycles. The highest BCUT2D eigenvalue weighted by Gasteiger charge is 2.41. The van der Waals surface area contributed by atoms with Gasteiger partial charge in [-0.2, -0.15) is 0 Å². The van der Waals surface area contributed by atoms with Crippen molar-refractivity contribution >= 4 is 23.4 Å². The number of para-hydroxylation sites is 1. The summed E-state index contributed by atoms with van der Waals surface area (Å²) in [5, 5.41) is 17.9. The minimum Gasteiger partial charge on any atom is -0.854 e. The number of rotatable bonds is 6. The van der Waals surface area contributed by atoms with Gasteiger partial charge in [0.15, 0.2) is 0 Å². The average molecular weight is 372 g/mol. The van der Waals surface area contributed by atoms with Crippen molar-refractivity contribution in [3.05, 3.63) is 24.3 Å². The molecule has 6 nitrogen and oxygen atoms in total. The molecule has 0 spiro atoms. The number of unbranched alkanes of at least 4 members (excludes halogenated alkanes) is 2. The van der Waals surface area contributed by atoms with Crippen molar-refractivity contribution in [2.24, 2.45) is 0 Å². The summed E-state index contributed by atoms with van der Waals surface area (Å²) < 4.78 is 1.70. The molecule has 26 heavy (non-hydrogen) atoms. The van der Waals surface area contributed by atoms with E-state index in [4.69, 9.17) is 0 Å². The summed E-state index contributed by atoms with van der Waals surface area (Å²) in [6, 6.07) is 7.46. The third kappa shape index (κ3) is 3.40. The van der Waals surface area contributed by atoms with E-state index < -0.39 is 0 Å². The monoisotopic (exact) mass is 372 g/mol. The number of benzene rings is 1. The van der Waals surface area contributed by atoms with Gasteiger partial charge in [-0.1, -0.05) is 55.3 Å². The highest BCUT2D eigenvalue weighted by Crippen LogP contribution is 2.39. The summed E-state index contributed by atoms with van der Waals surface area (Å²) in [7, 11) is 0. The number of nitrogens with zero attached hydrogens (tertiary/aromatic N) is 4. The van der Waals surface area contributed by atoms with Crippen LogP contribution < -0.4 is 14.7 Å². The second kappa shape index (κ2) is 8.03. The summed E-state index contributed by atoms with van der Waals surface area (Å²) in [6.45, 7) is 5.70. The van der Waals surface area contributed by atoms with Crippen molar-refractivity contribution in [3.8, 4) is 17.1 Å². The second-order valence-electron chi connectivity index (χ2n) is 6.34. The van der Waals surface area contributed by atoms with E-state index in [2.05, 4.69) is 17.0 Å². The molecule has 1 aromatic carbocycles. The molecule has 0 fully saturated rings. The van der Waals surface area contributed by atoms with Crippen LogP contribution >= 0.6 is 11.8 Å². The highest BCUT2D eigenvalue weighted by molar-refractivity contribution is 7.99. The maximum atomic E-state index is 12.8. The molecule has 0 saturated heterocycles. The second-order valence-corrected chi connectivity index (χ2v) is 7.41. The summed E-state index contributed by atoms with van der Waals surface area (Å²) in [5.41, 5.74) is 1.92. The Morgan fingerprint density at radius 1 is 1.31 bits per heavy atom. The predicted molar refractivity (Wildman–Crippen MR) is 99.8 cm³/mol. The van der Waals surface area contributed by atoms with E-state index >= 15 is 0 Å². The summed E-state index contributed by atoms with van der Waals surface area (Å²) in [4.78, 5) is 18.3. The predicted octanol–water partition coefficient (Wildman–Crippen LogP) is 3.06. The van der Waals surface area contributed by atoms with Gasteiger partial charge in [0, 0.05) is 24.2 Å². The van der Waals surface area contributed by atoms with Crippen molar-refractivity contribution in [2.75, 3.05) is 10.7 Å². The van der Waals surface area contributed by atoms with Crippen LogP contribution in [0.5, 0.6) is 5.88 Å². The van der Waals surface area contributed by atoms with Crippen LogP contribution in [-0.2, 0) is 4.79 Å². The minimum absolute atomic E-state index is 0.0642. The van der Waals surface area contributed by atoms with Crippen LogP contribution in [0.2, 0.25) is 0 Å². The first kappa shape index (κ1) is 18.6. The summed E-state index contributed by atoms with van der Waals surface area (Å²) in [5.74, 6) is 0.536. The number of carbonyl (C=O) groups excluding carboxylic acids is 1. The molecule has 2 aromatic rings. The third-order valence-electron chi connectivity index (χ3n) is 4.50. The smallest absolute Gasteiger partial charge is 0.266 e. The number of hydrogen-bond donors (Lipinski definition) is 0. The molecule has 3 rings (SSSR count). The lowest BCUT2D eigenvalue weighted by molar-refractivity contribution is -0.772. The van der Waals surface area contributed by atoms with Gasteiger partial charge in [-0.25, -0.2) is 4.98 Å². The Hall–Kier alpha value is -2.15. The lowest BCUT2D eigenvalue weighted by Crippen LogP contribution is -2.58. The number of carbonyl (C=O) groups is 1. The molecule has 0 aliphatic carbocycles. The lowest BCUT2D eigenvalue weighted by Gasteiger charge is -2.32. The van der Waals surface area contributed by atoms with Crippen molar-refractivity contribution in [1.29, 1.82) is 0 Å². The Labute approximate surface area is 158 Å². The van der Waals surface area contributed by atoms with Crippen LogP contribution in [-0.4, -0.2) is 21.7 Å². The number of thioether (sulfide) groups is 1. The number of aromatic nitrogens is 3. The number of amides is 1. The maximum absolute atomic E-state index is 12.8. The van der Waals surface area contributed by atoms with Crippen LogP contribution in [0.25, 0.3) is 11.3 Å². The van der Waals surface area contributed by atoms with Crippen LogP contribution in [0, 0.1) is 0 Å². The Morgan fingerprint density at radius 2 is 2.08 bits per heavy atom. The molecule has 1 aromatic heterocycles.